The molecule has 1 aromatic rings. The molecule has 1 fully saturated rings. The van der Waals surface area contributed by atoms with Crippen LogP contribution < -0.4 is 0 Å². The number of fused-ring (bicyclic) bond motifs is 1. The second kappa shape index (κ2) is 8.14. The van der Waals surface area contributed by atoms with Gasteiger partial charge >= 0.3 is 5.97 Å². The van der Waals surface area contributed by atoms with Crippen LogP contribution in [0.25, 0.3) is 0 Å². The number of aliphatic hydroxyl groups is 1. The van der Waals surface area contributed by atoms with Gasteiger partial charge in [-0.15, -0.1) is 6.58 Å². The molecule has 5 atom stereocenters. The Morgan fingerprint density at radius 2 is 2.21 bits per heavy atom. The Morgan fingerprint density at radius 3 is 2.86 bits per heavy atom. The van der Waals surface area contributed by atoms with Crippen molar-refractivity contribution < 1.29 is 14.6 Å². The van der Waals surface area contributed by atoms with Gasteiger partial charge in [0.2, 0.25) is 0 Å². The number of aromatic nitrogens is 1. The van der Waals surface area contributed by atoms with Crippen LogP contribution in [0.1, 0.15) is 76.7 Å². The smallest absolute Gasteiger partial charge is 0.355 e. The first kappa shape index (κ1) is 21.9. The molecule has 0 spiro atoms. The third kappa shape index (κ3) is 4.23. The lowest BCUT2D eigenvalue weighted by Crippen LogP contribution is -2.51. The van der Waals surface area contributed by atoms with Crippen molar-refractivity contribution in [3.05, 3.63) is 48.3 Å². The fraction of sp³-hybridized carbons (Fsp3) is 0.640. The van der Waals surface area contributed by atoms with Gasteiger partial charge in [-0.1, -0.05) is 32.9 Å². The summed E-state index contributed by atoms with van der Waals surface area (Å²) < 4.78 is 5.67. The molecular formula is C25H37NO3. The second-order valence-electron chi connectivity index (χ2n) is 9.94. The van der Waals surface area contributed by atoms with Crippen LogP contribution >= 0.6 is 0 Å². The zero-order valence-electron chi connectivity index (χ0n) is 18.5. The van der Waals surface area contributed by atoms with Crippen LogP contribution in [0.5, 0.6) is 0 Å². The molecule has 2 N–H and O–H groups in total. The number of rotatable bonds is 7. The maximum atomic E-state index is 12.3. The van der Waals surface area contributed by atoms with E-state index in [1.807, 2.05) is 6.92 Å². The minimum Gasteiger partial charge on any atom is -0.456 e. The molecule has 4 heteroatoms. The molecule has 0 amide bonds. The van der Waals surface area contributed by atoms with Crippen LogP contribution in [-0.2, 0) is 4.74 Å². The summed E-state index contributed by atoms with van der Waals surface area (Å²) in [5, 5.41) is 10.5. The molecule has 2 aliphatic rings. The van der Waals surface area contributed by atoms with Crippen molar-refractivity contribution in [2.45, 2.75) is 71.8 Å². The molecule has 3 rings (SSSR count). The van der Waals surface area contributed by atoms with Crippen molar-refractivity contribution in [3.8, 4) is 0 Å². The van der Waals surface area contributed by atoms with Crippen LogP contribution in [0.2, 0.25) is 0 Å². The number of carbonyl (C=O) groups excluding carboxylic acids is 1. The van der Waals surface area contributed by atoms with Gasteiger partial charge in [-0.05, 0) is 85.8 Å². The highest BCUT2D eigenvalue weighted by molar-refractivity contribution is 5.87. The Morgan fingerprint density at radius 1 is 1.45 bits per heavy atom. The van der Waals surface area contributed by atoms with Crippen molar-refractivity contribution >= 4 is 5.97 Å². The van der Waals surface area contributed by atoms with E-state index in [0.29, 0.717) is 24.1 Å². The molecule has 1 saturated carbocycles. The van der Waals surface area contributed by atoms with Gasteiger partial charge in [-0.25, -0.2) is 4.79 Å². The first-order chi connectivity index (χ1) is 13.6. The van der Waals surface area contributed by atoms with Gasteiger partial charge < -0.3 is 14.8 Å². The summed E-state index contributed by atoms with van der Waals surface area (Å²) in [6.45, 7) is 13.1. The summed E-state index contributed by atoms with van der Waals surface area (Å²) in [6.07, 6.45) is 11.9. The van der Waals surface area contributed by atoms with Gasteiger partial charge in [0.25, 0.3) is 0 Å². The predicted molar refractivity (Wildman–Crippen MR) is 117 cm³/mol. The van der Waals surface area contributed by atoms with Gasteiger partial charge in [0, 0.05) is 6.20 Å². The highest BCUT2D eigenvalue weighted by Crippen LogP contribution is 2.62. The molecule has 1 aromatic heterocycles. The number of nitrogens with one attached hydrogen (secondary N) is 1. The summed E-state index contributed by atoms with van der Waals surface area (Å²) in [5.74, 6) is 0.821. The third-order valence-corrected chi connectivity index (χ3v) is 8.15. The molecular weight excluding hydrogens is 362 g/mol. The summed E-state index contributed by atoms with van der Waals surface area (Å²) >= 11 is 0. The van der Waals surface area contributed by atoms with Crippen LogP contribution in [0, 0.1) is 22.7 Å². The number of H-pyrrole nitrogens is 1. The minimum atomic E-state index is -0.824. The Hall–Kier alpha value is -1.81. The molecule has 0 saturated heterocycles. The first-order valence-electron chi connectivity index (χ1n) is 11.0. The highest BCUT2D eigenvalue weighted by Gasteiger charge is 2.54. The lowest BCUT2D eigenvalue weighted by molar-refractivity contribution is -0.0623. The number of hydrogen-bond acceptors (Lipinski definition) is 3. The van der Waals surface area contributed by atoms with E-state index in [1.165, 1.54) is 5.57 Å². The van der Waals surface area contributed by atoms with Crippen LogP contribution in [0.4, 0.5) is 0 Å². The van der Waals surface area contributed by atoms with E-state index in [-0.39, 0.29) is 16.8 Å². The summed E-state index contributed by atoms with van der Waals surface area (Å²) in [5.41, 5.74) is 1.12. The molecule has 0 aliphatic heterocycles. The molecule has 2 aliphatic carbocycles. The summed E-state index contributed by atoms with van der Waals surface area (Å²) in [7, 11) is 0. The van der Waals surface area contributed by atoms with E-state index in [2.05, 4.69) is 38.4 Å². The van der Waals surface area contributed by atoms with Crippen LogP contribution in [0.15, 0.2) is 42.6 Å². The van der Waals surface area contributed by atoms with Gasteiger partial charge in [0.15, 0.2) is 0 Å². The average molecular weight is 400 g/mol. The van der Waals surface area contributed by atoms with Crippen LogP contribution in [-0.4, -0.2) is 28.3 Å². The van der Waals surface area contributed by atoms with Crippen LogP contribution in [0.3, 0.4) is 0 Å². The van der Waals surface area contributed by atoms with Gasteiger partial charge in [-0.2, -0.15) is 0 Å². The lowest BCUT2D eigenvalue weighted by atomic mass is 9.46. The van der Waals surface area contributed by atoms with Crippen molar-refractivity contribution in [2.75, 3.05) is 6.61 Å². The van der Waals surface area contributed by atoms with Crippen molar-refractivity contribution in [3.63, 3.8) is 0 Å². The fourth-order valence-electron chi connectivity index (χ4n) is 5.73. The standard InChI is InChI=1S/C25H37NO3/c1-6-23(3,28)14-15-24(4)18(2)12-13-25(5)19(9-7-11-21(24)25)17-29-22(27)20-10-8-16-26-20/h6,8-10,16,18,21,26,28H,1,7,11-15,17H2,2-5H3. The molecule has 29 heavy (non-hydrogen) atoms. The number of hydrogen-bond donors (Lipinski definition) is 2. The molecule has 4 nitrogen and oxygen atoms in total. The largest absolute Gasteiger partial charge is 0.456 e. The normalized spacial score (nSPS) is 33.9. The van der Waals surface area contributed by atoms with Gasteiger partial charge in [0.1, 0.15) is 12.3 Å². The lowest BCUT2D eigenvalue weighted by Gasteiger charge is -2.58. The van der Waals surface area contributed by atoms with Gasteiger partial charge in [0.05, 0.1) is 5.60 Å². The first-order valence-corrected chi connectivity index (χ1v) is 11.0. The highest BCUT2D eigenvalue weighted by atomic mass is 16.5. The Bertz CT molecular complexity index is 763. The van der Waals surface area contributed by atoms with E-state index in [1.54, 1.807) is 24.4 Å². The molecule has 0 radical (unpaired) electrons. The number of carbonyl (C=O) groups is 1. The number of ether oxygens (including phenoxy) is 1. The summed E-state index contributed by atoms with van der Waals surface area (Å²) in [4.78, 5) is 15.2. The Labute approximate surface area is 175 Å². The molecule has 1 heterocycles. The second-order valence-corrected chi connectivity index (χ2v) is 9.94. The maximum Gasteiger partial charge on any atom is 0.355 e. The molecule has 0 aromatic carbocycles. The Balaban J connectivity index is 1.77. The van der Waals surface area contributed by atoms with E-state index >= 15 is 0 Å². The van der Waals surface area contributed by atoms with E-state index in [9.17, 15) is 9.90 Å². The van der Waals surface area contributed by atoms with Crippen molar-refractivity contribution in [1.29, 1.82) is 0 Å². The Kier molecular flexibility index (Phi) is 6.14. The van der Waals surface area contributed by atoms with E-state index in [0.717, 1.165) is 38.5 Å². The van der Waals surface area contributed by atoms with E-state index < -0.39 is 5.60 Å². The average Bonchev–Trinajstić information content (AvgIpc) is 3.23. The van der Waals surface area contributed by atoms with Gasteiger partial charge in [-0.3, -0.25) is 0 Å². The van der Waals surface area contributed by atoms with Crippen molar-refractivity contribution in [2.24, 2.45) is 22.7 Å². The zero-order valence-corrected chi connectivity index (χ0v) is 18.5. The van der Waals surface area contributed by atoms with Crippen molar-refractivity contribution in [1.82, 2.24) is 4.98 Å². The summed E-state index contributed by atoms with van der Waals surface area (Å²) in [6, 6.07) is 3.55. The monoisotopic (exact) mass is 399 g/mol. The third-order valence-electron chi connectivity index (χ3n) is 8.15. The quantitative estimate of drug-likeness (QED) is 0.459. The minimum absolute atomic E-state index is 0.0373. The maximum absolute atomic E-state index is 12.3. The number of esters is 1. The topological polar surface area (TPSA) is 62.3 Å². The number of allylic oxidation sites excluding steroid dienone is 1. The molecule has 5 unspecified atom stereocenters. The molecule has 0 bridgehead atoms. The number of aromatic amines is 1. The zero-order chi connectivity index (χ0) is 21.3. The predicted octanol–water partition coefficient (Wildman–Crippen LogP) is 5.67. The molecule has 160 valence electrons. The fourth-order valence-corrected chi connectivity index (χ4v) is 5.73. The van der Waals surface area contributed by atoms with E-state index in [4.69, 9.17) is 4.74 Å². The SMILES string of the molecule is C=CC(C)(O)CCC1(C)C(C)CCC2(C)C(COC(=O)c3ccc[nH]3)=CCCC21.